The molecule has 2 aromatic carbocycles. The molecule has 0 radical (unpaired) electrons. The number of halogens is 1. The first-order valence-electron chi connectivity index (χ1n) is 10.7. The molecule has 33 heavy (non-hydrogen) atoms. The first-order chi connectivity index (χ1) is 16.0. The van der Waals surface area contributed by atoms with E-state index in [9.17, 15) is 4.39 Å². The van der Waals surface area contributed by atoms with Gasteiger partial charge in [0.05, 0.1) is 11.7 Å². The van der Waals surface area contributed by atoms with Crippen LogP contribution in [0.4, 0.5) is 15.8 Å². The van der Waals surface area contributed by atoms with E-state index >= 15 is 0 Å². The second-order valence-electron chi connectivity index (χ2n) is 8.19. The Kier molecular flexibility index (Phi) is 5.56. The molecule has 0 saturated carbocycles. The zero-order chi connectivity index (χ0) is 22.9. The van der Waals surface area contributed by atoms with Crippen LogP contribution in [0.1, 0.15) is 23.5 Å². The third kappa shape index (κ3) is 3.96. The Labute approximate surface area is 198 Å². The molecule has 7 heteroatoms. The molecule has 1 saturated heterocycles. The zero-order valence-corrected chi connectivity index (χ0v) is 19.2. The van der Waals surface area contributed by atoms with Gasteiger partial charge in [-0.25, -0.2) is 4.39 Å². The quantitative estimate of drug-likeness (QED) is 0.414. The number of aromatic nitrogens is 2. The third-order valence-corrected chi connectivity index (χ3v) is 6.23. The van der Waals surface area contributed by atoms with Crippen LogP contribution in [0.25, 0.3) is 5.69 Å². The number of rotatable bonds is 5. The molecule has 2 aromatic heterocycles. The van der Waals surface area contributed by atoms with Crippen molar-refractivity contribution in [3.8, 4) is 5.69 Å². The molecule has 0 amide bonds. The smallest absolute Gasteiger partial charge is 0.174 e. The van der Waals surface area contributed by atoms with Gasteiger partial charge < -0.3 is 19.7 Å². The SMILES string of the molecule is CN(C)c1ccc(N2C(=S)N[C@H](c3ccccn3)[C@@H]2c2cccn2-c2cccc(F)c2)cc1. The summed E-state index contributed by atoms with van der Waals surface area (Å²) >= 11 is 5.82. The number of hydrogen-bond donors (Lipinski definition) is 1. The molecule has 1 aliphatic rings. The second-order valence-corrected chi connectivity index (χ2v) is 8.58. The Balaban J connectivity index is 1.64. The van der Waals surface area contributed by atoms with Gasteiger partial charge in [-0.15, -0.1) is 0 Å². The van der Waals surface area contributed by atoms with E-state index in [4.69, 9.17) is 12.2 Å². The Hall–Kier alpha value is -3.71. The van der Waals surface area contributed by atoms with Gasteiger partial charge in [-0.05, 0) is 78.9 Å². The summed E-state index contributed by atoms with van der Waals surface area (Å²) in [6.45, 7) is 0. The average Bonchev–Trinajstić information content (AvgIpc) is 3.44. The lowest BCUT2D eigenvalue weighted by molar-refractivity contribution is 0.549. The first-order valence-corrected chi connectivity index (χ1v) is 11.1. The molecule has 5 nitrogen and oxygen atoms in total. The van der Waals surface area contributed by atoms with Crippen LogP contribution in [0, 0.1) is 5.82 Å². The molecule has 1 aliphatic heterocycles. The summed E-state index contributed by atoms with van der Waals surface area (Å²) in [4.78, 5) is 8.80. The molecule has 0 bridgehead atoms. The van der Waals surface area contributed by atoms with Crippen molar-refractivity contribution in [2.75, 3.05) is 23.9 Å². The predicted octanol–water partition coefficient (Wildman–Crippen LogP) is 5.25. The van der Waals surface area contributed by atoms with E-state index in [1.165, 1.54) is 12.1 Å². The second kappa shape index (κ2) is 8.67. The van der Waals surface area contributed by atoms with Crippen molar-refractivity contribution in [1.82, 2.24) is 14.9 Å². The lowest BCUT2D eigenvalue weighted by Crippen LogP contribution is -2.30. The molecule has 1 fully saturated rings. The van der Waals surface area contributed by atoms with Crippen LogP contribution < -0.4 is 15.1 Å². The maximum Gasteiger partial charge on any atom is 0.174 e. The topological polar surface area (TPSA) is 36.3 Å². The summed E-state index contributed by atoms with van der Waals surface area (Å²) < 4.78 is 16.1. The van der Waals surface area contributed by atoms with Crippen LogP contribution >= 0.6 is 12.2 Å². The first kappa shape index (κ1) is 21.2. The van der Waals surface area contributed by atoms with Crippen molar-refractivity contribution in [3.05, 3.63) is 108 Å². The summed E-state index contributed by atoms with van der Waals surface area (Å²) in [7, 11) is 4.03. The largest absolute Gasteiger partial charge is 0.378 e. The Morgan fingerprint density at radius 2 is 1.76 bits per heavy atom. The molecule has 5 rings (SSSR count). The van der Waals surface area contributed by atoms with Crippen molar-refractivity contribution in [2.24, 2.45) is 0 Å². The highest BCUT2D eigenvalue weighted by molar-refractivity contribution is 7.80. The van der Waals surface area contributed by atoms with Crippen molar-refractivity contribution in [2.45, 2.75) is 12.1 Å². The monoisotopic (exact) mass is 457 g/mol. The number of nitrogens with zero attached hydrogens (tertiary/aromatic N) is 4. The molecule has 3 heterocycles. The summed E-state index contributed by atoms with van der Waals surface area (Å²) in [6, 6.07) is 24.5. The average molecular weight is 458 g/mol. The fraction of sp³-hybridized carbons (Fsp3) is 0.154. The lowest BCUT2D eigenvalue weighted by atomic mass is 10.0. The summed E-state index contributed by atoms with van der Waals surface area (Å²) in [5, 5.41) is 4.11. The van der Waals surface area contributed by atoms with E-state index in [1.807, 2.05) is 55.2 Å². The van der Waals surface area contributed by atoms with Gasteiger partial charge >= 0.3 is 0 Å². The fourth-order valence-corrected chi connectivity index (χ4v) is 4.69. The van der Waals surface area contributed by atoms with Crippen LogP contribution in [-0.2, 0) is 0 Å². The molecule has 2 atom stereocenters. The number of nitrogens with one attached hydrogen (secondary N) is 1. The van der Waals surface area contributed by atoms with Gasteiger partial charge in [0, 0.05) is 49.2 Å². The molecule has 0 unspecified atom stereocenters. The van der Waals surface area contributed by atoms with Crippen LogP contribution in [0.2, 0.25) is 0 Å². The van der Waals surface area contributed by atoms with Crippen molar-refractivity contribution >= 4 is 28.7 Å². The minimum absolute atomic E-state index is 0.172. The van der Waals surface area contributed by atoms with Crippen LogP contribution in [-0.4, -0.2) is 28.8 Å². The van der Waals surface area contributed by atoms with E-state index in [0.29, 0.717) is 5.11 Å². The van der Waals surface area contributed by atoms with Gasteiger partial charge in [0.1, 0.15) is 11.9 Å². The molecule has 0 spiro atoms. The van der Waals surface area contributed by atoms with E-state index in [-0.39, 0.29) is 17.9 Å². The minimum atomic E-state index is -0.273. The number of hydrogen-bond acceptors (Lipinski definition) is 3. The summed E-state index contributed by atoms with van der Waals surface area (Å²) in [5.41, 5.74) is 4.73. The summed E-state index contributed by atoms with van der Waals surface area (Å²) in [6.07, 6.45) is 3.74. The Morgan fingerprint density at radius 3 is 2.45 bits per heavy atom. The molecule has 4 aromatic rings. The Bertz CT molecular complexity index is 1270. The van der Waals surface area contributed by atoms with Gasteiger partial charge in [0.2, 0.25) is 0 Å². The maximum atomic E-state index is 14.0. The van der Waals surface area contributed by atoms with Crippen LogP contribution in [0.3, 0.4) is 0 Å². The van der Waals surface area contributed by atoms with Gasteiger partial charge in [0.25, 0.3) is 0 Å². The van der Waals surface area contributed by atoms with Crippen LogP contribution in [0.15, 0.2) is 91.3 Å². The zero-order valence-electron chi connectivity index (χ0n) is 18.4. The molecule has 166 valence electrons. The highest BCUT2D eigenvalue weighted by Crippen LogP contribution is 2.42. The number of benzene rings is 2. The Morgan fingerprint density at radius 1 is 0.939 bits per heavy atom. The van der Waals surface area contributed by atoms with Crippen molar-refractivity contribution < 1.29 is 4.39 Å². The van der Waals surface area contributed by atoms with Crippen molar-refractivity contribution in [1.29, 1.82) is 0 Å². The standard InChI is InChI=1S/C26H24FN5S/c1-30(2)19-11-13-20(14-12-19)32-25(24(29-26(32)33)22-9-3-4-15-28-22)23-10-6-16-31(23)21-8-5-7-18(27)17-21/h3-17,24-25H,1-2H3,(H,29,33)/t24-,25+/m1/s1. The molecular formula is C26H24FN5S. The van der Waals surface area contributed by atoms with Gasteiger partial charge in [-0.2, -0.15) is 0 Å². The molecule has 0 aliphatic carbocycles. The highest BCUT2D eigenvalue weighted by atomic mass is 32.1. The number of pyridine rings is 1. The maximum absolute atomic E-state index is 14.0. The van der Waals surface area contributed by atoms with E-state index in [1.54, 1.807) is 12.3 Å². The number of thiocarbonyl (C=S) groups is 1. The van der Waals surface area contributed by atoms with Crippen molar-refractivity contribution in [3.63, 3.8) is 0 Å². The van der Waals surface area contributed by atoms with E-state index in [0.717, 1.165) is 28.5 Å². The van der Waals surface area contributed by atoms with Gasteiger partial charge in [-0.3, -0.25) is 4.98 Å². The van der Waals surface area contributed by atoms with E-state index in [2.05, 4.69) is 50.4 Å². The van der Waals surface area contributed by atoms with Gasteiger partial charge in [-0.1, -0.05) is 12.1 Å². The summed E-state index contributed by atoms with van der Waals surface area (Å²) in [5.74, 6) is -0.273. The normalized spacial score (nSPS) is 17.8. The van der Waals surface area contributed by atoms with Crippen LogP contribution in [0.5, 0.6) is 0 Å². The van der Waals surface area contributed by atoms with Gasteiger partial charge in [0.15, 0.2) is 5.11 Å². The fourth-order valence-electron chi connectivity index (χ4n) is 4.34. The molecular weight excluding hydrogens is 433 g/mol. The predicted molar refractivity (Wildman–Crippen MR) is 134 cm³/mol. The third-order valence-electron chi connectivity index (χ3n) is 5.91. The van der Waals surface area contributed by atoms with E-state index < -0.39 is 0 Å². The highest BCUT2D eigenvalue weighted by Gasteiger charge is 2.42. The lowest BCUT2D eigenvalue weighted by Gasteiger charge is -2.29. The molecule has 1 N–H and O–H groups in total. The number of anilines is 2. The minimum Gasteiger partial charge on any atom is -0.378 e.